The van der Waals surface area contributed by atoms with E-state index >= 15 is 0 Å². The van der Waals surface area contributed by atoms with Crippen molar-refractivity contribution in [2.45, 2.75) is 45.1 Å². The molecule has 2 heteroatoms. The van der Waals surface area contributed by atoms with Gasteiger partial charge < -0.3 is 10.2 Å². The van der Waals surface area contributed by atoms with Crippen LogP contribution in [-0.2, 0) is 0 Å². The fraction of sp³-hybridized carbons (Fsp3) is 1.00. The lowest BCUT2D eigenvalue weighted by atomic mass is 9.77. The molecule has 0 bridgehead atoms. The molecule has 0 spiro atoms. The molecule has 0 radical (unpaired) electrons. The van der Waals surface area contributed by atoms with Crippen LogP contribution in [0.25, 0.3) is 0 Å². The summed E-state index contributed by atoms with van der Waals surface area (Å²) in [5.74, 6) is 1.72. The van der Waals surface area contributed by atoms with Crippen LogP contribution in [0.3, 0.4) is 0 Å². The monoisotopic (exact) mass is 210 g/mol. The third-order valence-corrected chi connectivity index (χ3v) is 4.52. The molecular formula is C13H26N2. The van der Waals surface area contributed by atoms with Crippen molar-refractivity contribution < 1.29 is 0 Å². The quantitative estimate of drug-likeness (QED) is 0.767. The highest BCUT2D eigenvalue weighted by atomic mass is 15.1. The van der Waals surface area contributed by atoms with E-state index in [1.165, 1.54) is 45.3 Å². The summed E-state index contributed by atoms with van der Waals surface area (Å²) in [5, 5.41) is 3.79. The Labute approximate surface area is 94.4 Å². The zero-order valence-electron chi connectivity index (χ0n) is 10.6. The van der Waals surface area contributed by atoms with E-state index in [2.05, 4.69) is 31.1 Å². The van der Waals surface area contributed by atoms with Crippen LogP contribution >= 0.6 is 0 Å². The molecule has 2 nitrogen and oxygen atoms in total. The summed E-state index contributed by atoms with van der Waals surface area (Å²) < 4.78 is 0. The Balaban J connectivity index is 1.95. The van der Waals surface area contributed by atoms with Crippen LogP contribution in [0.5, 0.6) is 0 Å². The lowest BCUT2D eigenvalue weighted by molar-refractivity contribution is 0.211. The van der Waals surface area contributed by atoms with Crippen molar-refractivity contribution in [2.24, 2.45) is 11.8 Å². The van der Waals surface area contributed by atoms with E-state index < -0.39 is 0 Å². The molecule has 0 aliphatic carbocycles. The number of likely N-dealkylation sites (tertiary alicyclic amines) is 1. The first-order valence-electron chi connectivity index (χ1n) is 6.56. The van der Waals surface area contributed by atoms with Gasteiger partial charge in [-0.3, -0.25) is 0 Å². The predicted octanol–water partition coefficient (Wildman–Crippen LogP) is 2.11. The zero-order chi connectivity index (χ0) is 10.9. The van der Waals surface area contributed by atoms with Gasteiger partial charge in [-0.15, -0.1) is 0 Å². The highest BCUT2D eigenvalue weighted by molar-refractivity contribution is 4.98. The van der Waals surface area contributed by atoms with Crippen LogP contribution in [-0.4, -0.2) is 37.1 Å². The van der Waals surface area contributed by atoms with E-state index in [0.29, 0.717) is 5.54 Å². The van der Waals surface area contributed by atoms with Crippen LogP contribution < -0.4 is 5.32 Å². The first-order valence-corrected chi connectivity index (χ1v) is 6.56. The summed E-state index contributed by atoms with van der Waals surface area (Å²) in [4.78, 5) is 2.48. The molecule has 88 valence electrons. The van der Waals surface area contributed by atoms with E-state index in [0.717, 1.165) is 11.8 Å². The summed E-state index contributed by atoms with van der Waals surface area (Å²) in [5.41, 5.74) is 0.468. The molecule has 15 heavy (non-hydrogen) atoms. The second-order valence-corrected chi connectivity index (χ2v) is 5.96. The molecule has 2 unspecified atom stereocenters. The van der Waals surface area contributed by atoms with Gasteiger partial charge in [0.05, 0.1) is 0 Å². The molecule has 2 saturated heterocycles. The minimum Gasteiger partial charge on any atom is -0.311 e. The highest BCUT2D eigenvalue weighted by Crippen LogP contribution is 2.36. The van der Waals surface area contributed by atoms with Crippen molar-refractivity contribution in [1.29, 1.82) is 0 Å². The van der Waals surface area contributed by atoms with Crippen LogP contribution in [0.15, 0.2) is 0 Å². The van der Waals surface area contributed by atoms with Crippen LogP contribution in [0.4, 0.5) is 0 Å². The maximum absolute atomic E-state index is 3.79. The molecule has 0 saturated carbocycles. The molecular weight excluding hydrogens is 184 g/mol. The van der Waals surface area contributed by atoms with Gasteiger partial charge >= 0.3 is 0 Å². The van der Waals surface area contributed by atoms with E-state index in [-0.39, 0.29) is 0 Å². The highest BCUT2D eigenvalue weighted by Gasteiger charge is 2.39. The van der Waals surface area contributed by atoms with Gasteiger partial charge in [0.15, 0.2) is 0 Å². The largest absolute Gasteiger partial charge is 0.311 e. The Kier molecular flexibility index (Phi) is 3.36. The number of hydrogen-bond acceptors (Lipinski definition) is 2. The van der Waals surface area contributed by atoms with Crippen LogP contribution in [0, 0.1) is 11.8 Å². The molecule has 2 atom stereocenters. The van der Waals surface area contributed by atoms with Gasteiger partial charge in [-0.25, -0.2) is 0 Å². The molecule has 2 heterocycles. The van der Waals surface area contributed by atoms with Crippen molar-refractivity contribution in [2.75, 3.05) is 26.7 Å². The molecule has 0 aromatic carbocycles. The van der Waals surface area contributed by atoms with Gasteiger partial charge in [0.25, 0.3) is 0 Å². The van der Waals surface area contributed by atoms with Crippen LogP contribution in [0.2, 0.25) is 0 Å². The van der Waals surface area contributed by atoms with Crippen molar-refractivity contribution in [3.63, 3.8) is 0 Å². The van der Waals surface area contributed by atoms with Gasteiger partial charge in [-0.05, 0) is 57.7 Å². The predicted molar refractivity (Wildman–Crippen MR) is 65.0 cm³/mol. The number of nitrogens with one attached hydrogen (secondary N) is 1. The summed E-state index contributed by atoms with van der Waals surface area (Å²) in [6.07, 6.45) is 5.58. The summed E-state index contributed by atoms with van der Waals surface area (Å²) in [7, 11) is 2.25. The second-order valence-electron chi connectivity index (χ2n) is 5.96. The van der Waals surface area contributed by atoms with Crippen molar-refractivity contribution in [3.8, 4) is 0 Å². The molecule has 2 aliphatic heterocycles. The number of rotatable bonds is 3. The summed E-state index contributed by atoms with van der Waals surface area (Å²) in [6.45, 7) is 8.63. The third kappa shape index (κ3) is 2.36. The van der Waals surface area contributed by atoms with Crippen molar-refractivity contribution in [3.05, 3.63) is 0 Å². The maximum atomic E-state index is 3.79. The van der Waals surface area contributed by atoms with Gasteiger partial charge in [-0.2, -0.15) is 0 Å². The fourth-order valence-corrected chi connectivity index (χ4v) is 3.44. The van der Waals surface area contributed by atoms with E-state index in [1.807, 2.05) is 0 Å². The fourth-order valence-electron chi connectivity index (χ4n) is 3.44. The van der Waals surface area contributed by atoms with Gasteiger partial charge in [0.1, 0.15) is 0 Å². The average Bonchev–Trinajstić information content (AvgIpc) is 2.77. The molecule has 0 aromatic heterocycles. The minimum absolute atomic E-state index is 0.468. The third-order valence-electron chi connectivity index (χ3n) is 4.52. The zero-order valence-corrected chi connectivity index (χ0v) is 10.6. The molecule has 0 amide bonds. The summed E-state index contributed by atoms with van der Waals surface area (Å²) in [6, 6.07) is 0. The lowest BCUT2D eigenvalue weighted by Gasteiger charge is -2.36. The Morgan fingerprint density at radius 3 is 2.73 bits per heavy atom. The minimum atomic E-state index is 0.468. The number of nitrogens with zero attached hydrogens (tertiary/aromatic N) is 1. The Morgan fingerprint density at radius 2 is 2.27 bits per heavy atom. The topological polar surface area (TPSA) is 15.3 Å². The second kappa shape index (κ2) is 4.42. The van der Waals surface area contributed by atoms with E-state index in [4.69, 9.17) is 0 Å². The van der Waals surface area contributed by atoms with E-state index in [1.54, 1.807) is 0 Å². The van der Waals surface area contributed by atoms with Crippen LogP contribution in [0.1, 0.15) is 39.5 Å². The SMILES string of the molecule is CC(C)C1(CC2CCN(C)C2)CCCN1. The van der Waals surface area contributed by atoms with Crippen molar-refractivity contribution >= 4 is 0 Å². The van der Waals surface area contributed by atoms with E-state index in [9.17, 15) is 0 Å². The standard InChI is InChI=1S/C13H26N2/c1-11(2)13(6-4-7-14-13)9-12-5-8-15(3)10-12/h11-12,14H,4-10H2,1-3H3. The Morgan fingerprint density at radius 1 is 1.47 bits per heavy atom. The van der Waals surface area contributed by atoms with Crippen molar-refractivity contribution in [1.82, 2.24) is 10.2 Å². The van der Waals surface area contributed by atoms with Gasteiger partial charge in [0.2, 0.25) is 0 Å². The Bertz CT molecular complexity index is 207. The molecule has 0 aromatic rings. The Hall–Kier alpha value is -0.0800. The smallest absolute Gasteiger partial charge is 0.0208 e. The summed E-state index contributed by atoms with van der Waals surface area (Å²) >= 11 is 0. The van der Waals surface area contributed by atoms with Gasteiger partial charge in [-0.1, -0.05) is 13.8 Å². The first-order chi connectivity index (χ1) is 7.12. The maximum Gasteiger partial charge on any atom is 0.0208 e. The molecule has 2 rings (SSSR count). The van der Waals surface area contributed by atoms with Gasteiger partial charge in [0, 0.05) is 12.1 Å². The molecule has 2 aliphatic rings. The normalized spacial score (nSPS) is 38.0. The number of hydrogen-bond donors (Lipinski definition) is 1. The molecule has 1 N–H and O–H groups in total. The lowest BCUT2D eigenvalue weighted by Crippen LogP contribution is -2.46. The first kappa shape index (κ1) is 11.4. The molecule has 2 fully saturated rings. The average molecular weight is 210 g/mol.